The minimum Gasteiger partial charge on any atom is -0.497 e. The number of aryl methyl sites for hydroxylation is 1. The lowest BCUT2D eigenvalue weighted by Crippen LogP contribution is -2.33. The third-order valence-electron chi connectivity index (χ3n) is 3.77. The van der Waals surface area contributed by atoms with E-state index in [1.807, 2.05) is 6.92 Å². The van der Waals surface area contributed by atoms with Crippen molar-refractivity contribution in [3.8, 4) is 11.5 Å². The highest BCUT2D eigenvalue weighted by Gasteiger charge is 2.20. The van der Waals surface area contributed by atoms with Crippen molar-refractivity contribution in [3.63, 3.8) is 0 Å². The molecule has 1 atom stereocenters. The van der Waals surface area contributed by atoms with Crippen molar-refractivity contribution in [1.29, 1.82) is 0 Å². The number of benzene rings is 2. The Morgan fingerprint density at radius 2 is 1.67 bits per heavy atom. The van der Waals surface area contributed by atoms with Crippen LogP contribution in [0.15, 0.2) is 42.5 Å². The van der Waals surface area contributed by atoms with Crippen LogP contribution in [0.4, 0.5) is 0 Å². The second kappa shape index (κ2) is 7.64. The predicted octanol–water partition coefficient (Wildman–Crippen LogP) is 3.07. The third-order valence-corrected chi connectivity index (χ3v) is 3.77. The normalized spacial score (nSPS) is 11.5. The van der Waals surface area contributed by atoms with E-state index in [1.165, 1.54) is 0 Å². The van der Waals surface area contributed by atoms with E-state index in [-0.39, 0.29) is 6.04 Å². The highest BCUT2D eigenvalue weighted by molar-refractivity contribution is 6.42. The Labute approximate surface area is 141 Å². The summed E-state index contributed by atoms with van der Waals surface area (Å²) >= 11 is 0. The van der Waals surface area contributed by atoms with Gasteiger partial charge in [0.25, 0.3) is 5.91 Å². The average molecular weight is 327 g/mol. The lowest BCUT2D eigenvalue weighted by atomic mass is 10.0. The molecule has 0 spiro atoms. The minimum atomic E-state index is -0.649. The Balaban J connectivity index is 2.13. The van der Waals surface area contributed by atoms with Gasteiger partial charge in [0.05, 0.1) is 20.3 Å². The summed E-state index contributed by atoms with van der Waals surface area (Å²) in [6, 6.07) is 11.8. The Bertz CT molecular complexity index is 738. The molecule has 2 rings (SSSR count). The summed E-state index contributed by atoms with van der Waals surface area (Å²) in [4.78, 5) is 24.4. The number of rotatable bonds is 6. The van der Waals surface area contributed by atoms with Gasteiger partial charge in [0.15, 0.2) is 0 Å². The van der Waals surface area contributed by atoms with Gasteiger partial charge in [0.2, 0.25) is 5.78 Å². The van der Waals surface area contributed by atoms with Crippen LogP contribution in [0, 0.1) is 6.92 Å². The Morgan fingerprint density at radius 1 is 1.00 bits per heavy atom. The molecule has 0 saturated carbocycles. The van der Waals surface area contributed by atoms with E-state index in [0.29, 0.717) is 17.1 Å². The first kappa shape index (κ1) is 17.5. The van der Waals surface area contributed by atoms with E-state index < -0.39 is 11.7 Å². The minimum absolute atomic E-state index is 0.368. The van der Waals surface area contributed by atoms with Crippen LogP contribution in [0.3, 0.4) is 0 Å². The lowest BCUT2D eigenvalue weighted by Gasteiger charge is -2.17. The molecule has 24 heavy (non-hydrogen) atoms. The molecule has 2 aromatic carbocycles. The molecule has 2 aromatic rings. The summed E-state index contributed by atoms with van der Waals surface area (Å²) in [6.07, 6.45) is 0. The molecule has 0 aliphatic heterocycles. The molecule has 0 heterocycles. The molecular weight excluding hydrogens is 306 g/mol. The predicted molar refractivity (Wildman–Crippen MR) is 91.6 cm³/mol. The third kappa shape index (κ3) is 3.93. The van der Waals surface area contributed by atoms with Crippen LogP contribution >= 0.6 is 0 Å². The van der Waals surface area contributed by atoms with Crippen molar-refractivity contribution in [2.45, 2.75) is 19.9 Å². The zero-order chi connectivity index (χ0) is 17.7. The molecule has 1 N–H and O–H groups in total. The summed E-state index contributed by atoms with van der Waals surface area (Å²) in [7, 11) is 3.12. The number of carbonyl (C=O) groups excluding carboxylic acids is 2. The fourth-order valence-corrected chi connectivity index (χ4v) is 2.35. The number of amides is 1. The molecule has 0 aromatic heterocycles. The summed E-state index contributed by atoms with van der Waals surface area (Å²) in [5.41, 5.74) is 2.17. The monoisotopic (exact) mass is 327 g/mol. The first-order valence-electron chi connectivity index (χ1n) is 7.60. The van der Waals surface area contributed by atoms with Gasteiger partial charge in [0.1, 0.15) is 11.5 Å². The van der Waals surface area contributed by atoms with E-state index in [2.05, 4.69) is 5.32 Å². The standard InChI is InChI=1S/C19H21NO4/c1-12-5-7-14(8-6-12)18(21)19(22)20-13(2)16-10-9-15(23-3)11-17(16)24-4/h5-11,13H,1-4H3,(H,20,22). The lowest BCUT2D eigenvalue weighted by molar-refractivity contribution is -0.117. The van der Waals surface area contributed by atoms with Gasteiger partial charge in [-0.25, -0.2) is 0 Å². The van der Waals surface area contributed by atoms with Crippen molar-refractivity contribution in [2.75, 3.05) is 14.2 Å². The molecule has 1 amide bonds. The van der Waals surface area contributed by atoms with Crippen LogP contribution in [0.1, 0.15) is 34.5 Å². The summed E-state index contributed by atoms with van der Waals surface area (Å²) < 4.78 is 10.5. The van der Waals surface area contributed by atoms with Crippen molar-refractivity contribution in [1.82, 2.24) is 5.32 Å². The van der Waals surface area contributed by atoms with Gasteiger partial charge in [-0.05, 0) is 26.0 Å². The SMILES string of the molecule is COc1ccc(C(C)NC(=O)C(=O)c2ccc(C)cc2)c(OC)c1. The van der Waals surface area contributed by atoms with Crippen LogP contribution in [0.5, 0.6) is 11.5 Å². The van der Waals surface area contributed by atoms with Crippen LogP contribution in [0.2, 0.25) is 0 Å². The number of hydrogen-bond donors (Lipinski definition) is 1. The zero-order valence-electron chi connectivity index (χ0n) is 14.3. The fraction of sp³-hybridized carbons (Fsp3) is 0.263. The quantitative estimate of drug-likeness (QED) is 0.654. The van der Waals surface area contributed by atoms with Crippen molar-refractivity contribution in [2.24, 2.45) is 0 Å². The van der Waals surface area contributed by atoms with Crippen molar-refractivity contribution < 1.29 is 19.1 Å². The number of nitrogens with one attached hydrogen (secondary N) is 1. The fourth-order valence-electron chi connectivity index (χ4n) is 2.35. The Kier molecular flexibility index (Phi) is 5.58. The first-order valence-corrected chi connectivity index (χ1v) is 7.60. The number of hydrogen-bond acceptors (Lipinski definition) is 4. The van der Waals surface area contributed by atoms with Crippen LogP contribution in [0.25, 0.3) is 0 Å². The molecular formula is C19H21NO4. The van der Waals surface area contributed by atoms with E-state index in [1.54, 1.807) is 63.6 Å². The molecule has 0 aliphatic rings. The van der Waals surface area contributed by atoms with E-state index >= 15 is 0 Å². The Hall–Kier alpha value is -2.82. The number of Topliss-reactive ketones (excluding diaryl/α,β-unsaturated/α-hetero) is 1. The number of ketones is 1. The molecule has 5 heteroatoms. The molecule has 0 saturated heterocycles. The number of methoxy groups -OCH3 is 2. The zero-order valence-corrected chi connectivity index (χ0v) is 14.3. The molecule has 5 nitrogen and oxygen atoms in total. The summed E-state index contributed by atoms with van der Waals surface area (Å²) in [5, 5.41) is 2.71. The largest absolute Gasteiger partial charge is 0.497 e. The highest BCUT2D eigenvalue weighted by atomic mass is 16.5. The maximum absolute atomic E-state index is 12.2. The maximum atomic E-state index is 12.2. The highest BCUT2D eigenvalue weighted by Crippen LogP contribution is 2.29. The van der Waals surface area contributed by atoms with Gasteiger partial charge < -0.3 is 14.8 Å². The van der Waals surface area contributed by atoms with Gasteiger partial charge in [-0.1, -0.05) is 29.8 Å². The van der Waals surface area contributed by atoms with E-state index in [4.69, 9.17) is 9.47 Å². The molecule has 0 aliphatic carbocycles. The van der Waals surface area contributed by atoms with Gasteiger partial charge in [0, 0.05) is 17.2 Å². The average Bonchev–Trinajstić information content (AvgIpc) is 2.60. The number of ether oxygens (including phenoxy) is 2. The molecule has 0 bridgehead atoms. The smallest absolute Gasteiger partial charge is 0.292 e. The van der Waals surface area contributed by atoms with Gasteiger partial charge in [-0.15, -0.1) is 0 Å². The Morgan fingerprint density at radius 3 is 2.25 bits per heavy atom. The van der Waals surface area contributed by atoms with Crippen LogP contribution < -0.4 is 14.8 Å². The van der Waals surface area contributed by atoms with Crippen molar-refractivity contribution in [3.05, 3.63) is 59.2 Å². The maximum Gasteiger partial charge on any atom is 0.292 e. The van der Waals surface area contributed by atoms with Crippen LogP contribution in [-0.2, 0) is 4.79 Å². The van der Waals surface area contributed by atoms with E-state index in [0.717, 1.165) is 11.1 Å². The van der Waals surface area contributed by atoms with Gasteiger partial charge >= 0.3 is 0 Å². The summed E-state index contributed by atoms with van der Waals surface area (Å²) in [5.74, 6) is 0.0355. The van der Waals surface area contributed by atoms with E-state index in [9.17, 15) is 9.59 Å². The second-order valence-electron chi connectivity index (χ2n) is 5.50. The van der Waals surface area contributed by atoms with Gasteiger partial charge in [-0.3, -0.25) is 9.59 Å². The topological polar surface area (TPSA) is 64.6 Å². The number of carbonyl (C=O) groups is 2. The molecule has 0 fully saturated rings. The first-order chi connectivity index (χ1) is 11.5. The second-order valence-corrected chi connectivity index (χ2v) is 5.50. The van der Waals surface area contributed by atoms with Gasteiger partial charge in [-0.2, -0.15) is 0 Å². The molecule has 0 radical (unpaired) electrons. The van der Waals surface area contributed by atoms with Crippen molar-refractivity contribution >= 4 is 11.7 Å². The summed E-state index contributed by atoms with van der Waals surface area (Å²) in [6.45, 7) is 3.72. The molecule has 1 unspecified atom stereocenters. The molecule has 126 valence electrons. The van der Waals surface area contributed by atoms with Crippen LogP contribution in [-0.4, -0.2) is 25.9 Å².